The van der Waals surface area contributed by atoms with Crippen molar-refractivity contribution in [2.75, 3.05) is 32.8 Å². The summed E-state index contributed by atoms with van der Waals surface area (Å²) in [5.41, 5.74) is 0.622. The maximum absolute atomic E-state index is 12.6. The van der Waals surface area contributed by atoms with Gasteiger partial charge in [0.2, 0.25) is 5.91 Å². The topological polar surface area (TPSA) is 92.1 Å². The van der Waals surface area contributed by atoms with Gasteiger partial charge in [-0.3, -0.25) is 9.59 Å². The monoisotopic (exact) mass is 373 g/mol. The van der Waals surface area contributed by atoms with E-state index in [4.69, 9.17) is 9.15 Å². The fraction of sp³-hybridized carbons (Fsp3) is 0.421. The molecule has 0 spiro atoms. The van der Waals surface area contributed by atoms with E-state index >= 15 is 0 Å². The molecule has 1 aromatic carbocycles. The Kier molecular flexibility index (Phi) is 5.63. The normalized spacial score (nSPS) is 15.5. The molecule has 1 aliphatic rings. The molecule has 3 rings (SSSR count). The fourth-order valence-corrected chi connectivity index (χ4v) is 3.02. The highest BCUT2D eigenvalue weighted by Gasteiger charge is 2.28. The van der Waals surface area contributed by atoms with Crippen LogP contribution in [0.2, 0.25) is 0 Å². The van der Waals surface area contributed by atoms with Crippen molar-refractivity contribution in [2.45, 2.75) is 19.9 Å². The van der Waals surface area contributed by atoms with E-state index in [1.807, 2.05) is 18.2 Å². The number of hydrogen-bond acceptors (Lipinski definition) is 5. The predicted octanol–water partition coefficient (Wildman–Crippen LogP) is 1.85. The Morgan fingerprint density at radius 2 is 1.81 bits per heavy atom. The summed E-state index contributed by atoms with van der Waals surface area (Å²) in [4.78, 5) is 39.9. The smallest absolute Gasteiger partial charge is 0.409 e. The first kappa shape index (κ1) is 18.8. The Morgan fingerprint density at radius 1 is 1.15 bits per heavy atom. The van der Waals surface area contributed by atoms with Crippen LogP contribution in [0.15, 0.2) is 34.7 Å². The molecule has 0 bridgehead atoms. The highest BCUT2D eigenvalue weighted by molar-refractivity contribution is 5.98. The van der Waals surface area contributed by atoms with E-state index in [1.165, 1.54) is 0 Å². The number of nitrogens with one attached hydrogen (secondary N) is 1. The van der Waals surface area contributed by atoms with Crippen LogP contribution in [0.5, 0.6) is 0 Å². The molecule has 1 aliphatic heterocycles. The van der Waals surface area contributed by atoms with Crippen LogP contribution in [-0.4, -0.2) is 66.5 Å². The van der Waals surface area contributed by atoms with Gasteiger partial charge in [0.25, 0.3) is 5.91 Å². The highest BCUT2D eigenvalue weighted by atomic mass is 16.6. The zero-order valence-corrected chi connectivity index (χ0v) is 15.4. The van der Waals surface area contributed by atoms with Crippen molar-refractivity contribution in [3.63, 3.8) is 0 Å². The van der Waals surface area contributed by atoms with Crippen molar-refractivity contribution >= 4 is 28.9 Å². The molecule has 2 aromatic rings. The van der Waals surface area contributed by atoms with Gasteiger partial charge in [0.05, 0.1) is 6.61 Å². The number of carbonyl (C=O) groups is 3. The van der Waals surface area contributed by atoms with Crippen LogP contribution in [0.4, 0.5) is 4.79 Å². The molecular formula is C19H23N3O5. The molecule has 8 nitrogen and oxygen atoms in total. The van der Waals surface area contributed by atoms with Gasteiger partial charge in [-0.05, 0) is 26.0 Å². The average Bonchev–Trinajstić information content (AvgIpc) is 3.12. The molecule has 0 radical (unpaired) electrons. The summed E-state index contributed by atoms with van der Waals surface area (Å²) < 4.78 is 10.5. The minimum absolute atomic E-state index is 0.169. The van der Waals surface area contributed by atoms with E-state index in [2.05, 4.69) is 5.32 Å². The zero-order chi connectivity index (χ0) is 19.4. The fourth-order valence-electron chi connectivity index (χ4n) is 3.02. The summed E-state index contributed by atoms with van der Waals surface area (Å²) in [5.74, 6) is -0.455. The van der Waals surface area contributed by atoms with Crippen molar-refractivity contribution in [1.29, 1.82) is 0 Å². The number of hydrogen-bond donors (Lipinski definition) is 1. The predicted molar refractivity (Wildman–Crippen MR) is 98.3 cm³/mol. The van der Waals surface area contributed by atoms with E-state index < -0.39 is 11.9 Å². The van der Waals surface area contributed by atoms with Gasteiger partial charge in [0.1, 0.15) is 11.6 Å². The van der Waals surface area contributed by atoms with Gasteiger partial charge in [-0.1, -0.05) is 18.2 Å². The van der Waals surface area contributed by atoms with Gasteiger partial charge < -0.3 is 24.3 Å². The van der Waals surface area contributed by atoms with E-state index in [9.17, 15) is 14.4 Å². The van der Waals surface area contributed by atoms with Gasteiger partial charge >= 0.3 is 6.09 Å². The number of ether oxygens (including phenoxy) is 1. The SMILES string of the molecule is CCOC(=O)N1CCN(C(=O)[C@H](C)NC(=O)c2cc3ccccc3o2)CC1. The maximum atomic E-state index is 12.6. The molecule has 2 heterocycles. The van der Waals surface area contributed by atoms with E-state index in [0.29, 0.717) is 38.4 Å². The lowest BCUT2D eigenvalue weighted by Crippen LogP contribution is -2.55. The van der Waals surface area contributed by atoms with Crippen LogP contribution in [0.3, 0.4) is 0 Å². The number of rotatable bonds is 4. The lowest BCUT2D eigenvalue weighted by atomic mass is 10.2. The van der Waals surface area contributed by atoms with E-state index in [0.717, 1.165) is 5.39 Å². The Labute approximate surface area is 157 Å². The number of furan rings is 1. The summed E-state index contributed by atoms with van der Waals surface area (Å²) in [6.07, 6.45) is -0.365. The summed E-state index contributed by atoms with van der Waals surface area (Å²) in [5, 5.41) is 3.51. The number of amides is 3. The number of fused-ring (bicyclic) bond motifs is 1. The third-order valence-electron chi connectivity index (χ3n) is 4.48. The van der Waals surface area contributed by atoms with Gasteiger partial charge in [0, 0.05) is 31.6 Å². The first-order valence-corrected chi connectivity index (χ1v) is 8.99. The number of carbonyl (C=O) groups excluding carboxylic acids is 3. The molecular weight excluding hydrogens is 350 g/mol. The maximum Gasteiger partial charge on any atom is 0.409 e. The van der Waals surface area contributed by atoms with Crippen molar-refractivity contribution in [1.82, 2.24) is 15.1 Å². The zero-order valence-electron chi connectivity index (χ0n) is 15.4. The second-order valence-electron chi connectivity index (χ2n) is 6.35. The van der Waals surface area contributed by atoms with E-state index in [-0.39, 0.29) is 17.8 Å². The van der Waals surface area contributed by atoms with Crippen LogP contribution in [0.1, 0.15) is 24.4 Å². The largest absolute Gasteiger partial charge is 0.451 e. The Balaban J connectivity index is 1.54. The molecule has 27 heavy (non-hydrogen) atoms. The number of para-hydroxylation sites is 1. The molecule has 0 unspecified atom stereocenters. The van der Waals surface area contributed by atoms with Crippen molar-refractivity contribution in [3.8, 4) is 0 Å². The minimum Gasteiger partial charge on any atom is -0.451 e. The standard InChI is InChI=1S/C19H23N3O5/c1-3-26-19(25)22-10-8-21(9-11-22)18(24)13(2)20-17(23)16-12-14-6-4-5-7-15(14)27-16/h4-7,12-13H,3,8-11H2,1-2H3,(H,20,23)/t13-/m0/s1. The molecule has 1 saturated heterocycles. The lowest BCUT2D eigenvalue weighted by Gasteiger charge is -2.35. The van der Waals surface area contributed by atoms with E-state index in [1.54, 1.807) is 35.8 Å². The van der Waals surface area contributed by atoms with Crippen LogP contribution < -0.4 is 5.32 Å². The average molecular weight is 373 g/mol. The minimum atomic E-state index is -0.695. The number of nitrogens with zero attached hydrogens (tertiary/aromatic N) is 2. The second-order valence-corrected chi connectivity index (χ2v) is 6.35. The van der Waals surface area contributed by atoms with Gasteiger partial charge in [0.15, 0.2) is 5.76 Å². The summed E-state index contributed by atoms with van der Waals surface area (Å²) in [6, 6.07) is 8.29. The summed E-state index contributed by atoms with van der Waals surface area (Å²) in [7, 11) is 0. The number of benzene rings is 1. The highest BCUT2D eigenvalue weighted by Crippen LogP contribution is 2.18. The molecule has 0 aliphatic carbocycles. The second kappa shape index (κ2) is 8.11. The summed E-state index contributed by atoms with van der Waals surface area (Å²) >= 11 is 0. The quantitative estimate of drug-likeness (QED) is 0.883. The summed E-state index contributed by atoms with van der Waals surface area (Å²) in [6.45, 7) is 5.35. The van der Waals surface area contributed by atoms with Gasteiger partial charge in [-0.25, -0.2) is 4.79 Å². The molecule has 1 fully saturated rings. The lowest BCUT2D eigenvalue weighted by molar-refractivity contribution is -0.134. The molecule has 0 saturated carbocycles. The molecule has 144 valence electrons. The Hall–Kier alpha value is -3.03. The van der Waals surface area contributed by atoms with Crippen LogP contribution in [0.25, 0.3) is 11.0 Å². The number of piperazine rings is 1. The van der Waals surface area contributed by atoms with Gasteiger partial charge in [-0.2, -0.15) is 0 Å². The molecule has 1 N–H and O–H groups in total. The molecule has 1 atom stereocenters. The third kappa shape index (κ3) is 4.21. The van der Waals surface area contributed by atoms with Crippen molar-refractivity contribution in [3.05, 3.63) is 36.1 Å². The van der Waals surface area contributed by atoms with Crippen molar-refractivity contribution in [2.24, 2.45) is 0 Å². The van der Waals surface area contributed by atoms with Crippen LogP contribution in [0, 0.1) is 0 Å². The Morgan fingerprint density at radius 3 is 2.48 bits per heavy atom. The first-order chi connectivity index (χ1) is 13.0. The Bertz CT molecular complexity index is 806. The van der Waals surface area contributed by atoms with Crippen LogP contribution >= 0.6 is 0 Å². The first-order valence-electron chi connectivity index (χ1n) is 8.99. The third-order valence-corrected chi connectivity index (χ3v) is 4.48. The molecule has 1 aromatic heterocycles. The molecule has 3 amide bonds. The van der Waals surface area contributed by atoms with Crippen LogP contribution in [-0.2, 0) is 9.53 Å². The van der Waals surface area contributed by atoms with Crippen molar-refractivity contribution < 1.29 is 23.5 Å². The van der Waals surface area contributed by atoms with Gasteiger partial charge in [-0.15, -0.1) is 0 Å². The molecule has 8 heteroatoms.